The minimum atomic E-state index is -1.63. The predicted octanol–water partition coefficient (Wildman–Crippen LogP) is 3.03. The topological polar surface area (TPSA) is 130 Å². The molecule has 226 valence electrons. The molecule has 2 fully saturated rings. The summed E-state index contributed by atoms with van der Waals surface area (Å²) in [5.74, 6) is -5.06. The van der Waals surface area contributed by atoms with Crippen molar-refractivity contribution in [3.05, 3.63) is 65.1 Å². The van der Waals surface area contributed by atoms with Crippen LogP contribution in [-0.2, 0) is 14.3 Å². The number of hydrogen-bond donors (Lipinski definition) is 3. The molecule has 3 aromatic rings. The standard InChI is InChI=1S/C28H30ClF3N4O6/c1-41-26-24(35-12-19(33-34-35)14-10-17(30)23(32)18(31)11-14)25(39)22(13-37)42-27(26)28(40)36(16-8-6-15(29)7-9-16)20-4-2-3-5-21(20)38/h6-12,20-22,24-27,37-39H,2-5,13H2,1H3/t20-,21-,22+,24-,25-,26+,27+/m0/s1. The molecule has 14 heteroatoms. The molecule has 1 saturated heterocycles. The Hall–Kier alpha value is -3.07. The first kappa shape index (κ1) is 30.4. The Morgan fingerprint density at radius 3 is 2.43 bits per heavy atom. The highest BCUT2D eigenvalue weighted by Crippen LogP contribution is 2.36. The normalized spacial score (nSPS) is 28.0. The fraction of sp³-hybridized carbons (Fsp3) is 0.464. The van der Waals surface area contributed by atoms with Crippen LogP contribution in [-0.4, -0.2) is 86.5 Å². The van der Waals surface area contributed by atoms with Crippen molar-refractivity contribution in [2.24, 2.45) is 0 Å². The maximum absolute atomic E-state index is 14.3. The van der Waals surface area contributed by atoms with Gasteiger partial charge in [-0.05, 0) is 49.2 Å². The van der Waals surface area contributed by atoms with E-state index in [1.165, 1.54) is 18.2 Å². The van der Waals surface area contributed by atoms with Gasteiger partial charge in [-0.15, -0.1) is 5.10 Å². The van der Waals surface area contributed by atoms with E-state index in [0.29, 0.717) is 23.6 Å². The zero-order valence-corrected chi connectivity index (χ0v) is 23.2. The first-order chi connectivity index (χ1) is 20.1. The van der Waals surface area contributed by atoms with Gasteiger partial charge >= 0.3 is 0 Å². The summed E-state index contributed by atoms with van der Waals surface area (Å²) in [6.45, 7) is -0.666. The average molecular weight is 611 g/mol. The highest BCUT2D eigenvalue weighted by molar-refractivity contribution is 6.30. The van der Waals surface area contributed by atoms with E-state index < -0.39 is 72.6 Å². The van der Waals surface area contributed by atoms with Gasteiger partial charge in [-0.3, -0.25) is 4.79 Å². The SMILES string of the molecule is CO[C@@H]1[C@@H](n2cc(-c3cc(F)c(F)c(F)c3)nn2)[C@@H](O)[C@@H](CO)O[C@H]1C(=O)N(c1ccc(Cl)cc1)[C@H]1CCCC[C@@H]1O. The number of rotatable bonds is 7. The molecular weight excluding hydrogens is 581 g/mol. The molecule has 1 saturated carbocycles. The zero-order chi connectivity index (χ0) is 30.1. The number of aromatic nitrogens is 3. The van der Waals surface area contributed by atoms with E-state index >= 15 is 0 Å². The minimum Gasteiger partial charge on any atom is -0.394 e. The molecule has 1 aromatic heterocycles. The number of ether oxygens (including phenoxy) is 2. The third-order valence-corrected chi connectivity index (χ3v) is 8.10. The van der Waals surface area contributed by atoms with Crippen LogP contribution in [0.2, 0.25) is 5.02 Å². The zero-order valence-electron chi connectivity index (χ0n) is 22.5. The second-order valence-electron chi connectivity index (χ2n) is 10.4. The highest BCUT2D eigenvalue weighted by Gasteiger charge is 2.52. The summed E-state index contributed by atoms with van der Waals surface area (Å²) in [5, 5.41) is 40.5. The molecule has 10 nitrogen and oxygen atoms in total. The molecular formula is C28H30ClF3N4O6. The second-order valence-corrected chi connectivity index (χ2v) is 10.8. The van der Waals surface area contributed by atoms with Crippen molar-refractivity contribution in [2.75, 3.05) is 18.6 Å². The van der Waals surface area contributed by atoms with E-state index in [1.807, 2.05) is 0 Å². The van der Waals surface area contributed by atoms with Crippen molar-refractivity contribution < 1.29 is 42.8 Å². The number of aliphatic hydroxyl groups is 3. The van der Waals surface area contributed by atoms with Crippen LogP contribution in [0.4, 0.5) is 18.9 Å². The van der Waals surface area contributed by atoms with Gasteiger partial charge in [0, 0.05) is 23.4 Å². The fourth-order valence-corrected chi connectivity index (χ4v) is 5.86. The van der Waals surface area contributed by atoms with Crippen LogP contribution in [0.3, 0.4) is 0 Å². The van der Waals surface area contributed by atoms with Crippen LogP contribution in [0.5, 0.6) is 0 Å². The van der Waals surface area contributed by atoms with Crippen molar-refractivity contribution in [1.82, 2.24) is 15.0 Å². The molecule has 2 heterocycles. The summed E-state index contributed by atoms with van der Waals surface area (Å²) in [6, 6.07) is 6.28. The third-order valence-electron chi connectivity index (χ3n) is 7.85. The average Bonchev–Trinajstić information content (AvgIpc) is 3.47. The molecule has 2 aliphatic rings. The molecule has 5 rings (SSSR count). The van der Waals surface area contributed by atoms with Crippen molar-refractivity contribution in [3.8, 4) is 11.3 Å². The number of hydrogen-bond acceptors (Lipinski definition) is 8. The van der Waals surface area contributed by atoms with Crippen LogP contribution in [0.25, 0.3) is 11.3 Å². The lowest BCUT2D eigenvalue weighted by molar-refractivity contribution is -0.211. The van der Waals surface area contributed by atoms with Crippen molar-refractivity contribution in [2.45, 2.75) is 68.3 Å². The van der Waals surface area contributed by atoms with Gasteiger partial charge in [0.2, 0.25) is 0 Å². The van der Waals surface area contributed by atoms with Gasteiger partial charge in [0.05, 0.1) is 24.9 Å². The molecule has 3 N–H and O–H groups in total. The van der Waals surface area contributed by atoms with Gasteiger partial charge in [-0.2, -0.15) is 0 Å². The molecule has 0 spiro atoms. The van der Waals surface area contributed by atoms with E-state index in [4.69, 9.17) is 21.1 Å². The Morgan fingerprint density at radius 1 is 1.14 bits per heavy atom. The maximum atomic E-state index is 14.3. The smallest absolute Gasteiger partial charge is 0.259 e. The molecule has 42 heavy (non-hydrogen) atoms. The summed E-state index contributed by atoms with van der Waals surface area (Å²) in [7, 11) is 1.30. The number of carbonyl (C=O) groups excluding carboxylic acids is 1. The second kappa shape index (κ2) is 12.7. The van der Waals surface area contributed by atoms with Gasteiger partial charge in [-0.25, -0.2) is 17.9 Å². The van der Waals surface area contributed by atoms with Gasteiger partial charge in [0.25, 0.3) is 5.91 Å². The Kier molecular flexibility index (Phi) is 9.16. The number of anilines is 1. The Morgan fingerprint density at radius 2 is 1.81 bits per heavy atom. The lowest BCUT2D eigenvalue weighted by atomic mass is 9.88. The Balaban J connectivity index is 1.53. The highest BCUT2D eigenvalue weighted by atomic mass is 35.5. The summed E-state index contributed by atoms with van der Waals surface area (Å²) >= 11 is 6.09. The maximum Gasteiger partial charge on any atom is 0.259 e. The fourth-order valence-electron chi connectivity index (χ4n) is 5.73. The molecule has 0 bridgehead atoms. The molecule has 7 atom stereocenters. The number of nitrogens with zero attached hydrogens (tertiary/aromatic N) is 4. The van der Waals surface area contributed by atoms with Crippen molar-refractivity contribution >= 4 is 23.2 Å². The quantitative estimate of drug-likeness (QED) is 0.348. The van der Waals surface area contributed by atoms with E-state index in [2.05, 4.69) is 10.3 Å². The predicted molar refractivity (Wildman–Crippen MR) is 144 cm³/mol. The molecule has 0 radical (unpaired) electrons. The Bertz CT molecular complexity index is 1390. The molecule has 2 aromatic carbocycles. The third kappa shape index (κ3) is 5.77. The summed E-state index contributed by atoms with van der Waals surface area (Å²) in [6.07, 6.45) is -2.25. The van der Waals surface area contributed by atoms with E-state index in [1.54, 1.807) is 24.3 Å². The van der Waals surface area contributed by atoms with Crippen LogP contribution >= 0.6 is 11.6 Å². The Labute approximate surface area is 244 Å². The summed E-state index contributed by atoms with van der Waals surface area (Å²) < 4.78 is 54.0. The minimum absolute atomic E-state index is 0.0436. The molecule has 1 amide bonds. The van der Waals surface area contributed by atoms with Crippen LogP contribution in [0, 0.1) is 17.5 Å². The number of methoxy groups -OCH3 is 1. The van der Waals surface area contributed by atoms with Gasteiger partial charge in [0.1, 0.15) is 30.0 Å². The monoisotopic (exact) mass is 610 g/mol. The number of amides is 1. The lowest BCUT2D eigenvalue weighted by Crippen LogP contribution is -2.63. The lowest BCUT2D eigenvalue weighted by Gasteiger charge is -2.46. The first-order valence-electron chi connectivity index (χ1n) is 13.4. The number of aliphatic hydroxyl groups excluding tert-OH is 3. The van der Waals surface area contributed by atoms with E-state index in [9.17, 15) is 33.3 Å². The molecule has 1 aliphatic heterocycles. The van der Waals surface area contributed by atoms with Gasteiger partial charge in [0.15, 0.2) is 23.6 Å². The molecule has 0 unspecified atom stereocenters. The number of benzene rings is 2. The number of halogens is 4. The van der Waals surface area contributed by atoms with Crippen molar-refractivity contribution in [1.29, 1.82) is 0 Å². The van der Waals surface area contributed by atoms with Crippen LogP contribution < -0.4 is 4.90 Å². The van der Waals surface area contributed by atoms with E-state index in [-0.39, 0.29) is 11.3 Å². The van der Waals surface area contributed by atoms with Gasteiger partial charge in [-0.1, -0.05) is 29.7 Å². The largest absolute Gasteiger partial charge is 0.394 e. The van der Waals surface area contributed by atoms with Crippen molar-refractivity contribution in [3.63, 3.8) is 0 Å². The summed E-state index contributed by atoms with van der Waals surface area (Å²) in [4.78, 5) is 15.8. The molecule has 1 aliphatic carbocycles. The summed E-state index contributed by atoms with van der Waals surface area (Å²) in [5.41, 5.74) is 0.304. The van der Waals surface area contributed by atoms with Gasteiger partial charge < -0.3 is 29.7 Å². The van der Waals surface area contributed by atoms with Crippen LogP contribution in [0.1, 0.15) is 31.7 Å². The van der Waals surface area contributed by atoms with E-state index in [0.717, 1.165) is 29.7 Å². The number of carbonyl (C=O) groups is 1. The van der Waals surface area contributed by atoms with Crippen LogP contribution in [0.15, 0.2) is 42.6 Å². The first-order valence-corrected chi connectivity index (χ1v) is 13.8.